The quantitative estimate of drug-likeness (QED) is 0.744. The van der Waals surface area contributed by atoms with Crippen LogP contribution in [0, 0.1) is 6.92 Å². The molecule has 1 saturated heterocycles. The first-order chi connectivity index (χ1) is 12.0. The second-order valence-electron chi connectivity index (χ2n) is 6.17. The van der Waals surface area contributed by atoms with Crippen molar-refractivity contribution in [3.63, 3.8) is 0 Å². The Balaban J connectivity index is 1.81. The molecule has 1 amide bonds. The molecule has 5 nitrogen and oxygen atoms in total. The number of carbonyl (C=O) groups excluding carboxylic acids is 1. The molecule has 1 aliphatic rings. The summed E-state index contributed by atoms with van der Waals surface area (Å²) in [5, 5.41) is 0. The van der Waals surface area contributed by atoms with E-state index in [9.17, 15) is 13.2 Å². The molecule has 0 spiro atoms. The molecule has 1 aliphatic heterocycles. The standard InChI is InChI=1S/C19H21NO4S/c1-15-9-11-17(12-10-15)25(22,23)24-14-18(16-6-3-2-4-7-16)20-13-5-8-19(20)21/h2-4,6-7,9-12,18H,5,8,13-14H2,1H3/t18-/m0/s1. The monoisotopic (exact) mass is 359 g/mol. The van der Waals surface area contributed by atoms with E-state index in [-0.39, 0.29) is 17.4 Å². The SMILES string of the molecule is Cc1ccc(S(=O)(=O)OC[C@@H](c2ccccc2)N2CCCC2=O)cc1. The molecule has 6 heteroatoms. The van der Waals surface area contributed by atoms with Gasteiger partial charge in [-0.05, 0) is 31.0 Å². The van der Waals surface area contributed by atoms with Crippen LogP contribution in [0.2, 0.25) is 0 Å². The summed E-state index contributed by atoms with van der Waals surface area (Å²) >= 11 is 0. The van der Waals surface area contributed by atoms with Crippen LogP contribution in [0.1, 0.15) is 30.0 Å². The van der Waals surface area contributed by atoms with Gasteiger partial charge in [-0.2, -0.15) is 8.42 Å². The molecule has 0 bridgehead atoms. The van der Waals surface area contributed by atoms with Crippen molar-refractivity contribution in [2.24, 2.45) is 0 Å². The fourth-order valence-corrected chi connectivity index (χ4v) is 3.88. The van der Waals surface area contributed by atoms with Crippen molar-refractivity contribution in [2.45, 2.75) is 30.7 Å². The average molecular weight is 359 g/mol. The topological polar surface area (TPSA) is 63.7 Å². The Bertz CT molecular complexity index is 831. The van der Waals surface area contributed by atoms with E-state index in [2.05, 4.69) is 0 Å². The lowest BCUT2D eigenvalue weighted by molar-refractivity contribution is -0.130. The zero-order chi connectivity index (χ0) is 17.9. The van der Waals surface area contributed by atoms with E-state index < -0.39 is 16.2 Å². The van der Waals surface area contributed by atoms with Crippen LogP contribution >= 0.6 is 0 Å². The number of hydrogen-bond acceptors (Lipinski definition) is 4. The van der Waals surface area contributed by atoms with Crippen LogP contribution in [-0.4, -0.2) is 32.4 Å². The third-order valence-corrected chi connectivity index (χ3v) is 5.66. The number of aryl methyl sites for hydroxylation is 1. The highest BCUT2D eigenvalue weighted by Crippen LogP contribution is 2.27. The zero-order valence-electron chi connectivity index (χ0n) is 14.1. The first-order valence-corrected chi connectivity index (χ1v) is 9.69. The summed E-state index contributed by atoms with van der Waals surface area (Å²) in [5.74, 6) is 0.0326. The van der Waals surface area contributed by atoms with Gasteiger partial charge in [-0.25, -0.2) is 0 Å². The molecular weight excluding hydrogens is 338 g/mol. The number of hydrogen-bond donors (Lipinski definition) is 0. The number of carbonyl (C=O) groups is 1. The molecule has 25 heavy (non-hydrogen) atoms. The minimum absolute atomic E-state index is 0.0326. The van der Waals surface area contributed by atoms with Crippen LogP contribution in [0.25, 0.3) is 0 Å². The predicted molar refractivity (Wildman–Crippen MR) is 94.4 cm³/mol. The van der Waals surface area contributed by atoms with E-state index in [4.69, 9.17) is 4.18 Å². The van der Waals surface area contributed by atoms with Gasteiger partial charge in [0.05, 0.1) is 17.5 Å². The van der Waals surface area contributed by atoms with E-state index in [0.29, 0.717) is 13.0 Å². The molecule has 0 aliphatic carbocycles. The van der Waals surface area contributed by atoms with Gasteiger partial charge >= 0.3 is 0 Å². The Morgan fingerprint density at radius 3 is 2.36 bits per heavy atom. The minimum atomic E-state index is -3.87. The highest BCUT2D eigenvalue weighted by Gasteiger charge is 2.30. The van der Waals surface area contributed by atoms with Crippen molar-refractivity contribution in [2.75, 3.05) is 13.2 Å². The fraction of sp³-hybridized carbons (Fsp3) is 0.316. The fourth-order valence-electron chi connectivity index (χ4n) is 2.97. The maximum atomic E-state index is 12.4. The third-order valence-electron chi connectivity index (χ3n) is 4.36. The average Bonchev–Trinajstić information content (AvgIpc) is 3.02. The van der Waals surface area contributed by atoms with Gasteiger partial charge in [-0.3, -0.25) is 8.98 Å². The molecule has 0 unspecified atom stereocenters. The number of amides is 1. The van der Waals surface area contributed by atoms with Gasteiger partial charge in [0.15, 0.2) is 0 Å². The largest absolute Gasteiger partial charge is 0.333 e. The van der Waals surface area contributed by atoms with E-state index in [1.54, 1.807) is 17.0 Å². The Hall–Kier alpha value is -2.18. The van der Waals surface area contributed by atoms with E-state index in [1.165, 1.54) is 12.1 Å². The first kappa shape index (κ1) is 17.6. The summed E-state index contributed by atoms with van der Waals surface area (Å²) < 4.78 is 30.2. The van der Waals surface area contributed by atoms with Gasteiger partial charge < -0.3 is 4.90 Å². The summed E-state index contributed by atoms with van der Waals surface area (Å²) in [6.07, 6.45) is 1.28. The Labute approximate surface area is 148 Å². The van der Waals surface area contributed by atoms with Crippen molar-refractivity contribution >= 4 is 16.0 Å². The lowest BCUT2D eigenvalue weighted by Gasteiger charge is -2.27. The normalized spacial score (nSPS) is 16.2. The lowest BCUT2D eigenvalue weighted by Crippen LogP contribution is -2.33. The van der Waals surface area contributed by atoms with Gasteiger partial charge in [0, 0.05) is 13.0 Å². The van der Waals surface area contributed by atoms with Crippen LogP contribution < -0.4 is 0 Å². The molecule has 132 valence electrons. The van der Waals surface area contributed by atoms with Crippen molar-refractivity contribution < 1.29 is 17.4 Å². The summed E-state index contributed by atoms with van der Waals surface area (Å²) in [7, 11) is -3.87. The van der Waals surface area contributed by atoms with E-state index >= 15 is 0 Å². The van der Waals surface area contributed by atoms with Crippen LogP contribution in [0.3, 0.4) is 0 Å². The molecule has 1 fully saturated rings. The van der Waals surface area contributed by atoms with Crippen molar-refractivity contribution in [1.82, 2.24) is 4.90 Å². The minimum Gasteiger partial charge on any atom is -0.333 e. The summed E-state index contributed by atoms with van der Waals surface area (Å²) in [6, 6.07) is 15.5. The Morgan fingerprint density at radius 2 is 1.76 bits per heavy atom. The lowest BCUT2D eigenvalue weighted by atomic mass is 10.1. The number of benzene rings is 2. The van der Waals surface area contributed by atoms with Crippen LogP contribution in [0.5, 0.6) is 0 Å². The van der Waals surface area contributed by atoms with Crippen LogP contribution in [-0.2, 0) is 19.1 Å². The van der Waals surface area contributed by atoms with Gasteiger partial charge in [0.1, 0.15) is 0 Å². The smallest absolute Gasteiger partial charge is 0.297 e. The van der Waals surface area contributed by atoms with Crippen molar-refractivity contribution in [3.8, 4) is 0 Å². The Kier molecular flexibility index (Phi) is 5.20. The summed E-state index contributed by atoms with van der Waals surface area (Å²) in [4.78, 5) is 14.0. The Morgan fingerprint density at radius 1 is 1.08 bits per heavy atom. The first-order valence-electron chi connectivity index (χ1n) is 8.28. The third kappa shape index (κ3) is 4.08. The second-order valence-corrected chi connectivity index (χ2v) is 7.78. The maximum Gasteiger partial charge on any atom is 0.297 e. The highest BCUT2D eigenvalue weighted by atomic mass is 32.2. The van der Waals surface area contributed by atoms with Crippen LogP contribution in [0.4, 0.5) is 0 Å². The number of nitrogens with zero attached hydrogens (tertiary/aromatic N) is 1. The molecule has 2 aromatic carbocycles. The van der Waals surface area contributed by atoms with Gasteiger partial charge in [-0.15, -0.1) is 0 Å². The van der Waals surface area contributed by atoms with Crippen molar-refractivity contribution in [3.05, 3.63) is 65.7 Å². The molecular formula is C19H21NO4S. The summed E-state index contributed by atoms with van der Waals surface area (Å²) in [5.41, 5.74) is 1.85. The van der Waals surface area contributed by atoms with Gasteiger partial charge in [0.25, 0.3) is 10.1 Å². The van der Waals surface area contributed by atoms with Crippen molar-refractivity contribution in [1.29, 1.82) is 0 Å². The molecule has 1 heterocycles. The number of likely N-dealkylation sites (tertiary alicyclic amines) is 1. The molecule has 0 N–H and O–H groups in total. The molecule has 1 atom stereocenters. The zero-order valence-corrected chi connectivity index (χ0v) is 14.9. The molecule has 0 aromatic heterocycles. The van der Waals surface area contributed by atoms with E-state index in [0.717, 1.165) is 17.5 Å². The molecule has 2 aromatic rings. The molecule has 0 radical (unpaired) electrons. The summed E-state index contributed by atoms with van der Waals surface area (Å²) in [6.45, 7) is 2.42. The predicted octanol–water partition coefficient (Wildman–Crippen LogP) is 3.06. The molecule has 0 saturated carbocycles. The maximum absolute atomic E-state index is 12.4. The van der Waals surface area contributed by atoms with Crippen LogP contribution in [0.15, 0.2) is 59.5 Å². The molecule has 3 rings (SSSR count). The van der Waals surface area contributed by atoms with E-state index in [1.807, 2.05) is 37.3 Å². The van der Waals surface area contributed by atoms with Gasteiger partial charge in [-0.1, -0.05) is 48.0 Å². The van der Waals surface area contributed by atoms with Gasteiger partial charge in [0.2, 0.25) is 5.91 Å². The highest BCUT2D eigenvalue weighted by molar-refractivity contribution is 7.86. The number of rotatable bonds is 6. The second kappa shape index (κ2) is 7.37.